The largest absolute Gasteiger partial charge is 0.452 e. The second-order valence-corrected chi connectivity index (χ2v) is 4.15. The van der Waals surface area contributed by atoms with Gasteiger partial charge in [-0.1, -0.05) is 11.3 Å². The van der Waals surface area contributed by atoms with Crippen LogP contribution in [-0.4, -0.2) is 25.0 Å². The molecule has 0 amide bonds. The van der Waals surface area contributed by atoms with Gasteiger partial charge in [-0.05, 0) is 12.1 Å². The standard InChI is InChI=1S/C13H8F3N5O/c14-9-2-1-3-11(22-8-4-17-7-18-5-8)12(9)21-6-10(13(15)16)19-20-21/h1-7,13H. The van der Waals surface area contributed by atoms with Gasteiger partial charge in [0.15, 0.2) is 17.3 Å². The van der Waals surface area contributed by atoms with Gasteiger partial charge in [0.1, 0.15) is 17.7 Å². The van der Waals surface area contributed by atoms with E-state index >= 15 is 0 Å². The summed E-state index contributed by atoms with van der Waals surface area (Å²) in [7, 11) is 0. The summed E-state index contributed by atoms with van der Waals surface area (Å²) in [6.45, 7) is 0. The van der Waals surface area contributed by atoms with Crippen molar-refractivity contribution in [3.05, 3.63) is 54.6 Å². The Balaban J connectivity index is 2.02. The van der Waals surface area contributed by atoms with Crippen molar-refractivity contribution < 1.29 is 17.9 Å². The maximum absolute atomic E-state index is 14.1. The van der Waals surface area contributed by atoms with Gasteiger partial charge in [0.05, 0.1) is 18.6 Å². The molecule has 6 nitrogen and oxygen atoms in total. The molecular weight excluding hydrogens is 299 g/mol. The highest BCUT2D eigenvalue weighted by Gasteiger charge is 2.18. The lowest BCUT2D eigenvalue weighted by Crippen LogP contribution is -2.02. The fourth-order valence-corrected chi connectivity index (χ4v) is 1.75. The van der Waals surface area contributed by atoms with Crippen molar-refractivity contribution in [1.82, 2.24) is 25.0 Å². The third kappa shape index (κ3) is 2.73. The SMILES string of the molecule is Fc1cccc(Oc2cncnc2)c1-n1cc(C(F)F)nn1. The van der Waals surface area contributed by atoms with Gasteiger partial charge >= 0.3 is 0 Å². The maximum atomic E-state index is 14.1. The molecule has 22 heavy (non-hydrogen) atoms. The monoisotopic (exact) mass is 307 g/mol. The average Bonchev–Trinajstić information content (AvgIpc) is 2.98. The quantitative estimate of drug-likeness (QED) is 0.741. The normalized spacial score (nSPS) is 10.9. The minimum absolute atomic E-state index is 0.0699. The molecule has 0 saturated carbocycles. The number of halogens is 3. The van der Waals surface area contributed by atoms with Gasteiger partial charge in [-0.25, -0.2) is 27.8 Å². The molecule has 0 saturated heterocycles. The number of benzene rings is 1. The zero-order valence-electron chi connectivity index (χ0n) is 10.9. The van der Waals surface area contributed by atoms with Crippen LogP contribution >= 0.6 is 0 Å². The summed E-state index contributed by atoms with van der Waals surface area (Å²) in [5.41, 5.74) is -0.692. The van der Waals surface area contributed by atoms with E-state index in [4.69, 9.17) is 4.74 Å². The molecule has 0 atom stereocenters. The molecule has 0 N–H and O–H groups in total. The average molecular weight is 307 g/mol. The molecular formula is C13H8F3N5O. The number of hydrogen-bond acceptors (Lipinski definition) is 5. The number of rotatable bonds is 4. The number of alkyl halides is 2. The van der Waals surface area contributed by atoms with Crippen molar-refractivity contribution >= 4 is 0 Å². The van der Waals surface area contributed by atoms with E-state index in [0.29, 0.717) is 0 Å². The van der Waals surface area contributed by atoms with Gasteiger partial charge in [0.25, 0.3) is 6.43 Å². The molecule has 0 aliphatic carbocycles. The van der Waals surface area contributed by atoms with Crippen molar-refractivity contribution in [2.24, 2.45) is 0 Å². The fraction of sp³-hybridized carbons (Fsp3) is 0.0769. The highest BCUT2D eigenvalue weighted by molar-refractivity contribution is 5.48. The van der Waals surface area contributed by atoms with Crippen LogP contribution in [0.2, 0.25) is 0 Å². The summed E-state index contributed by atoms with van der Waals surface area (Å²) in [5, 5.41) is 6.80. The van der Waals surface area contributed by atoms with Crippen molar-refractivity contribution in [2.75, 3.05) is 0 Å². The van der Waals surface area contributed by atoms with Crippen LogP contribution in [0.4, 0.5) is 13.2 Å². The Morgan fingerprint density at radius 2 is 1.91 bits per heavy atom. The molecule has 9 heteroatoms. The van der Waals surface area contributed by atoms with Gasteiger partial charge in [-0.15, -0.1) is 5.10 Å². The van der Waals surface area contributed by atoms with Crippen molar-refractivity contribution in [1.29, 1.82) is 0 Å². The third-order valence-electron chi connectivity index (χ3n) is 2.68. The molecule has 3 rings (SSSR count). The van der Waals surface area contributed by atoms with Crippen LogP contribution in [-0.2, 0) is 0 Å². The molecule has 0 spiro atoms. The van der Waals surface area contributed by atoms with Gasteiger partial charge < -0.3 is 4.74 Å². The highest BCUT2D eigenvalue weighted by Crippen LogP contribution is 2.30. The summed E-state index contributed by atoms with van der Waals surface area (Å²) in [4.78, 5) is 7.54. The van der Waals surface area contributed by atoms with Crippen LogP contribution in [0.5, 0.6) is 11.5 Å². The van der Waals surface area contributed by atoms with Crippen molar-refractivity contribution in [3.63, 3.8) is 0 Å². The molecule has 3 aromatic rings. The molecule has 0 bridgehead atoms. The maximum Gasteiger partial charge on any atom is 0.283 e. The van der Waals surface area contributed by atoms with Crippen molar-refractivity contribution in [3.8, 4) is 17.2 Å². The Kier molecular flexibility index (Phi) is 3.69. The van der Waals surface area contributed by atoms with E-state index in [2.05, 4.69) is 20.3 Å². The number of aromatic nitrogens is 5. The summed E-state index contributed by atoms with van der Waals surface area (Å²) in [6.07, 6.45) is 2.22. The van der Waals surface area contributed by atoms with E-state index in [-0.39, 0.29) is 17.2 Å². The summed E-state index contributed by atoms with van der Waals surface area (Å²) in [6, 6.07) is 4.05. The summed E-state index contributed by atoms with van der Waals surface area (Å²) in [5.74, 6) is -0.357. The Hall–Kier alpha value is -2.97. The second-order valence-electron chi connectivity index (χ2n) is 4.15. The van der Waals surface area contributed by atoms with Gasteiger partial charge in [-0.2, -0.15) is 0 Å². The Labute approximate surface area is 122 Å². The van der Waals surface area contributed by atoms with Gasteiger partial charge in [0, 0.05) is 0 Å². The molecule has 0 unspecified atom stereocenters. The zero-order chi connectivity index (χ0) is 15.5. The molecule has 0 aliphatic heterocycles. The van der Waals surface area contributed by atoms with E-state index < -0.39 is 17.9 Å². The van der Waals surface area contributed by atoms with Crippen LogP contribution in [0.1, 0.15) is 12.1 Å². The topological polar surface area (TPSA) is 65.7 Å². The number of nitrogens with zero attached hydrogens (tertiary/aromatic N) is 5. The molecule has 112 valence electrons. The number of ether oxygens (including phenoxy) is 1. The van der Waals surface area contributed by atoms with E-state index in [1.807, 2.05) is 0 Å². The number of para-hydroxylation sites is 1. The molecule has 2 heterocycles. The van der Waals surface area contributed by atoms with Gasteiger partial charge in [0.2, 0.25) is 0 Å². The summed E-state index contributed by atoms with van der Waals surface area (Å²) < 4.78 is 45.6. The molecule has 1 aromatic carbocycles. The van der Waals surface area contributed by atoms with Gasteiger partial charge in [-0.3, -0.25) is 0 Å². The first-order chi connectivity index (χ1) is 10.6. The fourth-order valence-electron chi connectivity index (χ4n) is 1.75. The Morgan fingerprint density at radius 3 is 2.59 bits per heavy atom. The molecule has 0 fully saturated rings. The second kappa shape index (κ2) is 5.80. The van der Waals surface area contributed by atoms with Crippen LogP contribution in [0, 0.1) is 5.82 Å². The first kappa shape index (κ1) is 14.0. The smallest absolute Gasteiger partial charge is 0.283 e. The van der Waals surface area contributed by atoms with E-state index in [1.165, 1.54) is 30.9 Å². The van der Waals surface area contributed by atoms with Crippen LogP contribution < -0.4 is 4.74 Å². The molecule has 0 aliphatic rings. The first-order valence-corrected chi connectivity index (χ1v) is 6.07. The zero-order valence-corrected chi connectivity index (χ0v) is 10.9. The predicted molar refractivity (Wildman–Crippen MR) is 68.4 cm³/mol. The van der Waals surface area contributed by atoms with Crippen LogP contribution in [0.15, 0.2) is 43.1 Å². The lowest BCUT2D eigenvalue weighted by molar-refractivity contribution is 0.146. The molecule has 2 aromatic heterocycles. The van der Waals surface area contributed by atoms with E-state index in [0.717, 1.165) is 16.9 Å². The minimum atomic E-state index is -2.80. The van der Waals surface area contributed by atoms with E-state index in [1.54, 1.807) is 0 Å². The number of hydrogen-bond donors (Lipinski definition) is 0. The lowest BCUT2D eigenvalue weighted by Gasteiger charge is -2.10. The van der Waals surface area contributed by atoms with Crippen LogP contribution in [0.3, 0.4) is 0 Å². The predicted octanol–water partition coefficient (Wildman–Crippen LogP) is 2.93. The molecule has 0 radical (unpaired) electrons. The van der Waals surface area contributed by atoms with Crippen LogP contribution in [0.25, 0.3) is 5.69 Å². The summed E-state index contributed by atoms with van der Waals surface area (Å²) >= 11 is 0. The van der Waals surface area contributed by atoms with E-state index in [9.17, 15) is 13.2 Å². The Morgan fingerprint density at radius 1 is 1.14 bits per heavy atom. The Bertz CT molecular complexity index is 778. The third-order valence-corrected chi connectivity index (χ3v) is 2.68. The highest BCUT2D eigenvalue weighted by atomic mass is 19.3. The first-order valence-electron chi connectivity index (χ1n) is 6.07. The lowest BCUT2D eigenvalue weighted by atomic mass is 10.2. The van der Waals surface area contributed by atoms with Crippen molar-refractivity contribution in [2.45, 2.75) is 6.43 Å². The minimum Gasteiger partial charge on any atom is -0.452 e.